The van der Waals surface area contributed by atoms with Crippen LogP contribution in [0.25, 0.3) is 0 Å². The van der Waals surface area contributed by atoms with Gasteiger partial charge in [-0.05, 0) is 31.4 Å². The zero-order valence-corrected chi connectivity index (χ0v) is 7.74. The number of halogens is 1. The highest BCUT2D eigenvalue weighted by Crippen LogP contribution is 2.05. The first-order valence-electron chi connectivity index (χ1n) is 4.48. The van der Waals surface area contributed by atoms with Gasteiger partial charge in [0.05, 0.1) is 12.2 Å². The number of carbonyl (C=O) groups is 1. The molecule has 1 rings (SSSR count). The van der Waals surface area contributed by atoms with Gasteiger partial charge in [-0.15, -0.1) is 0 Å². The topological polar surface area (TPSA) is 50.2 Å². The van der Waals surface area contributed by atoms with Gasteiger partial charge >= 0.3 is 5.97 Å². The van der Waals surface area contributed by atoms with Crippen molar-refractivity contribution in [1.82, 2.24) is 4.98 Å². The number of hydrogen-bond acceptors (Lipinski definition) is 2. The summed E-state index contributed by atoms with van der Waals surface area (Å²) in [5.41, 5.74) is 0.939. The highest BCUT2D eigenvalue weighted by atomic mass is 19.1. The van der Waals surface area contributed by atoms with Crippen LogP contribution in [0.4, 0.5) is 4.39 Å². The van der Waals surface area contributed by atoms with Crippen molar-refractivity contribution in [3.63, 3.8) is 0 Å². The Morgan fingerprint density at radius 2 is 2.29 bits per heavy atom. The molecule has 1 aromatic heterocycles. The van der Waals surface area contributed by atoms with E-state index in [1.807, 2.05) is 0 Å². The molecule has 76 valence electrons. The molecule has 0 unspecified atom stereocenters. The normalized spacial score (nSPS) is 10.1. The van der Waals surface area contributed by atoms with E-state index in [1.165, 1.54) is 18.3 Å². The second-order valence-corrected chi connectivity index (χ2v) is 2.99. The van der Waals surface area contributed by atoms with E-state index in [2.05, 4.69) is 4.98 Å². The Hall–Kier alpha value is -1.45. The van der Waals surface area contributed by atoms with E-state index in [-0.39, 0.29) is 12.2 Å². The molecule has 0 bridgehead atoms. The molecule has 0 spiro atoms. The first-order chi connectivity index (χ1) is 6.74. The minimum Gasteiger partial charge on any atom is -0.478 e. The van der Waals surface area contributed by atoms with E-state index < -0.39 is 5.97 Å². The molecule has 0 saturated carbocycles. The quantitative estimate of drug-likeness (QED) is 0.735. The van der Waals surface area contributed by atoms with E-state index in [0.29, 0.717) is 25.0 Å². The van der Waals surface area contributed by atoms with Crippen LogP contribution in [-0.4, -0.2) is 22.7 Å². The molecule has 14 heavy (non-hydrogen) atoms. The second kappa shape index (κ2) is 5.32. The minimum atomic E-state index is -0.959. The van der Waals surface area contributed by atoms with Crippen LogP contribution in [0.15, 0.2) is 18.3 Å². The third-order valence-electron chi connectivity index (χ3n) is 1.88. The number of aromatic nitrogens is 1. The predicted molar refractivity (Wildman–Crippen MR) is 50.1 cm³/mol. The lowest BCUT2D eigenvalue weighted by atomic mass is 10.1. The molecule has 0 radical (unpaired) electrons. The summed E-state index contributed by atoms with van der Waals surface area (Å²) in [6.45, 7) is -0.335. The second-order valence-electron chi connectivity index (χ2n) is 2.99. The summed E-state index contributed by atoms with van der Waals surface area (Å²) in [5.74, 6) is -0.959. The number of rotatable bonds is 5. The molecule has 1 N–H and O–H groups in total. The fourth-order valence-corrected chi connectivity index (χ4v) is 1.15. The summed E-state index contributed by atoms with van der Waals surface area (Å²) >= 11 is 0. The minimum absolute atomic E-state index is 0.232. The molecule has 0 aliphatic heterocycles. The van der Waals surface area contributed by atoms with Crippen molar-refractivity contribution in [1.29, 1.82) is 0 Å². The van der Waals surface area contributed by atoms with Crippen LogP contribution in [0, 0.1) is 0 Å². The van der Waals surface area contributed by atoms with Crippen LogP contribution in [-0.2, 0) is 6.42 Å². The zero-order valence-electron chi connectivity index (χ0n) is 7.74. The number of nitrogens with zero attached hydrogens (tertiary/aromatic N) is 1. The Balaban J connectivity index is 2.59. The van der Waals surface area contributed by atoms with E-state index in [9.17, 15) is 9.18 Å². The Labute approximate surface area is 81.6 Å². The van der Waals surface area contributed by atoms with E-state index in [0.717, 1.165) is 0 Å². The van der Waals surface area contributed by atoms with E-state index >= 15 is 0 Å². The predicted octanol–water partition coefficient (Wildman–Crippen LogP) is 2.07. The van der Waals surface area contributed by atoms with Crippen molar-refractivity contribution >= 4 is 5.97 Å². The molecular formula is C10H12FNO2. The summed E-state index contributed by atoms with van der Waals surface area (Å²) in [5, 5.41) is 8.69. The van der Waals surface area contributed by atoms with Crippen molar-refractivity contribution in [2.24, 2.45) is 0 Å². The molecule has 0 amide bonds. The molecular weight excluding hydrogens is 185 g/mol. The maximum Gasteiger partial charge on any atom is 0.335 e. The first kappa shape index (κ1) is 10.6. The number of alkyl halides is 1. The van der Waals surface area contributed by atoms with Gasteiger partial charge < -0.3 is 5.11 Å². The van der Waals surface area contributed by atoms with Gasteiger partial charge in [0.25, 0.3) is 0 Å². The van der Waals surface area contributed by atoms with Crippen molar-refractivity contribution in [3.8, 4) is 0 Å². The van der Waals surface area contributed by atoms with E-state index in [4.69, 9.17) is 5.11 Å². The lowest BCUT2D eigenvalue weighted by Gasteiger charge is -2.00. The smallest absolute Gasteiger partial charge is 0.335 e. The Bertz CT molecular complexity index is 315. The molecule has 0 aromatic carbocycles. The van der Waals surface area contributed by atoms with Crippen LogP contribution < -0.4 is 0 Å². The highest BCUT2D eigenvalue weighted by molar-refractivity contribution is 5.87. The van der Waals surface area contributed by atoms with E-state index in [1.54, 1.807) is 0 Å². The summed E-state index contributed by atoms with van der Waals surface area (Å²) in [6.07, 6.45) is 3.30. The Kier molecular flexibility index (Phi) is 4.04. The molecule has 0 atom stereocenters. The number of aromatic carboxylic acids is 1. The average Bonchev–Trinajstić information content (AvgIpc) is 2.19. The number of hydrogen-bond donors (Lipinski definition) is 1. The van der Waals surface area contributed by atoms with Gasteiger partial charge in [0.2, 0.25) is 0 Å². The van der Waals surface area contributed by atoms with Gasteiger partial charge in [-0.2, -0.15) is 0 Å². The number of unbranched alkanes of at least 4 members (excludes halogenated alkanes) is 1. The van der Waals surface area contributed by atoms with Gasteiger partial charge in [0.15, 0.2) is 0 Å². The molecule has 1 heterocycles. The van der Waals surface area contributed by atoms with Gasteiger partial charge in [-0.1, -0.05) is 0 Å². The number of carboxylic acid groups (broad SMARTS) is 1. The van der Waals surface area contributed by atoms with Gasteiger partial charge in [0, 0.05) is 11.9 Å². The van der Waals surface area contributed by atoms with Crippen molar-refractivity contribution in [2.45, 2.75) is 19.3 Å². The summed E-state index contributed by atoms with van der Waals surface area (Å²) in [7, 11) is 0. The van der Waals surface area contributed by atoms with Crippen molar-refractivity contribution in [2.75, 3.05) is 6.67 Å². The summed E-state index contributed by atoms with van der Waals surface area (Å²) in [6, 6.07) is 2.97. The van der Waals surface area contributed by atoms with Gasteiger partial charge in [-0.25, -0.2) is 4.79 Å². The zero-order chi connectivity index (χ0) is 10.4. The van der Waals surface area contributed by atoms with Crippen LogP contribution in [0.1, 0.15) is 28.9 Å². The monoisotopic (exact) mass is 197 g/mol. The highest BCUT2D eigenvalue weighted by Gasteiger charge is 2.03. The van der Waals surface area contributed by atoms with Gasteiger partial charge in [0.1, 0.15) is 0 Å². The van der Waals surface area contributed by atoms with Crippen LogP contribution in [0.2, 0.25) is 0 Å². The number of carboxylic acids is 1. The maximum atomic E-state index is 11.8. The maximum absolute atomic E-state index is 11.8. The largest absolute Gasteiger partial charge is 0.478 e. The van der Waals surface area contributed by atoms with Crippen LogP contribution in [0.3, 0.4) is 0 Å². The fraction of sp³-hybridized carbons (Fsp3) is 0.400. The average molecular weight is 197 g/mol. The SMILES string of the molecule is O=C(O)c1ccnc(CCCCF)c1. The molecule has 0 saturated heterocycles. The fourth-order valence-electron chi connectivity index (χ4n) is 1.15. The molecule has 4 heteroatoms. The molecule has 0 fully saturated rings. The molecule has 3 nitrogen and oxygen atoms in total. The number of aryl methyl sites for hydroxylation is 1. The molecule has 0 aliphatic rings. The molecule has 0 aliphatic carbocycles. The van der Waals surface area contributed by atoms with Crippen molar-refractivity contribution < 1.29 is 14.3 Å². The summed E-state index contributed by atoms with van der Waals surface area (Å²) < 4.78 is 11.8. The van der Waals surface area contributed by atoms with Crippen molar-refractivity contribution in [3.05, 3.63) is 29.6 Å². The summed E-state index contributed by atoms with van der Waals surface area (Å²) in [4.78, 5) is 14.6. The molecule has 1 aromatic rings. The van der Waals surface area contributed by atoms with Gasteiger partial charge in [-0.3, -0.25) is 9.37 Å². The third-order valence-corrected chi connectivity index (χ3v) is 1.88. The van der Waals surface area contributed by atoms with Crippen LogP contribution in [0.5, 0.6) is 0 Å². The lowest BCUT2D eigenvalue weighted by molar-refractivity contribution is 0.0696. The van der Waals surface area contributed by atoms with Crippen LogP contribution >= 0.6 is 0 Å². The Morgan fingerprint density at radius 3 is 2.93 bits per heavy atom. The first-order valence-corrected chi connectivity index (χ1v) is 4.48. The Morgan fingerprint density at radius 1 is 1.50 bits per heavy atom. The standard InChI is InChI=1S/C10H12FNO2/c11-5-2-1-3-9-7-8(10(13)14)4-6-12-9/h4,6-7H,1-3,5H2,(H,13,14). The lowest BCUT2D eigenvalue weighted by Crippen LogP contribution is -1.99. The third kappa shape index (κ3) is 3.12. The number of pyridine rings is 1.